The normalized spacial score (nSPS) is 20.8. The Kier molecular flexibility index (Phi) is 18.5. The van der Waals surface area contributed by atoms with Gasteiger partial charge in [0.25, 0.3) is 0 Å². The smallest absolute Gasteiger partial charge is 0.317 e. The minimum absolute atomic E-state index is 0.0329. The van der Waals surface area contributed by atoms with Crippen LogP contribution in [0.15, 0.2) is 0 Å². The van der Waals surface area contributed by atoms with E-state index in [9.17, 15) is 48.9 Å². The highest BCUT2D eigenvalue weighted by atomic mass is 16.4. The molecule has 0 saturated carbocycles. The van der Waals surface area contributed by atoms with Crippen LogP contribution in [0.5, 0.6) is 0 Å². The van der Waals surface area contributed by atoms with E-state index in [1.54, 1.807) is 14.7 Å². The Labute approximate surface area is 286 Å². The van der Waals surface area contributed by atoms with Gasteiger partial charge < -0.3 is 36.6 Å². The Balaban J connectivity index is 1.86. The minimum Gasteiger partial charge on any atom is -0.480 e. The molecule has 2 heterocycles. The number of carboxylic acids is 3. The Morgan fingerprint density at radius 1 is 0.633 bits per heavy atom. The minimum atomic E-state index is -1.04. The summed E-state index contributed by atoms with van der Waals surface area (Å²) in [5.74, 6) is -4.05. The fourth-order valence-electron chi connectivity index (χ4n) is 5.60. The number of carboxylic acid groups (broad SMARTS) is 3. The fourth-order valence-corrected chi connectivity index (χ4v) is 5.60. The van der Waals surface area contributed by atoms with Crippen LogP contribution in [-0.4, -0.2) is 180 Å². The third kappa shape index (κ3) is 17.9. The molecule has 2 aliphatic rings. The standard InChI is InChI=1S/C31H54N8O10/c1-22(2)5-3-7-32-25(40)17-24-31(49)34-23(30(48)35-24)6-4-8-33-26(41)18-36-9-11-37(19-27(42)43)13-15-39(21-29(46)47)16-14-38(12-10-36)20-28(44)45/h22-24H,3-21H2,1-2H3,(H,32,40)(H,33,41)(H,34,49)(H,35,48)(H,42,43)(H,44,45)(H,46,47)/t23-,24-/m1/s1. The topological polar surface area (TPSA) is 241 Å². The van der Waals surface area contributed by atoms with Crippen molar-refractivity contribution in [1.82, 2.24) is 40.9 Å². The number of carbonyl (C=O) groups excluding carboxylic acids is 4. The number of hydrogen-bond acceptors (Lipinski definition) is 11. The first-order valence-corrected chi connectivity index (χ1v) is 16.9. The number of aliphatic carboxylic acids is 3. The van der Waals surface area contributed by atoms with E-state index in [2.05, 4.69) is 35.1 Å². The van der Waals surface area contributed by atoms with Gasteiger partial charge in [-0.05, 0) is 31.6 Å². The van der Waals surface area contributed by atoms with Crippen molar-refractivity contribution in [3.05, 3.63) is 0 Å². The van der Waals surface area contributed by atoms with Gasteiger partial charge >= 0.3 is 17.9 Å². The SMILES string of the molecule is CC(C)CCCNC(=O)C[C@H]1NC(=O)[C@@H](CCCNC(=O)CN2CCN(CC(=O)O)CCN(CC(=O)O)CCN(CC(=O)O)CC2)NC1=O. The molecule has 2 rings (SSSR count). The number of carbonyl (C=O) groups is 7. The van der Waals surface area contributed by atoms with Crippen LogP contribution in [0.1, 0.15) is 46.0 Å². The summed E-state index contributed by atoms with van der Waals surface area (Å²) in [6.45, 7) is 6.40. The predicted octanol–water partition coefficient (Wildman–Crippen LogP) is -2.72. The van der Waals surface area contributed by atoms with Crippen LogP contribution in [0, 0.1) is 5.92 Å². The maximum Gasteiger partial charge on any atom is 0.317 e. The van der Waals surface area contributed by atoms with E-state index in [0.717, 1.165) is 12.8 Å². The third-order valence-corrected chi connectivity index (χ3v) is 8.30. The van der Waals surface area contributed by atoms with Gasteiger partial charge in [-0.15, -0.1) is 0 Å². The first kappa shape index (κ1) is 41.3. The molecule has 4 amide bonds. The third-order valence-electron chi connectivity index (χ3n) is 8.30. The van der Waals surface area contributed by atoms with Gasteiger partial charge in [-0.2, -0.15) is 0 Å². The molecule has 49 heavy (non-hydrogen) atoms. The molecule has 2 aliphatic heterocycles. The first-order valence-electron chi connectivity index (χ1n) is 16.9. The molecule has 0 unspecified atom stereocenters. The number of nitrogens with zero attached hydrogens (tertiary/aromatic N) is 4. The summed E-state index contributed by atoms with van der Waals surface area (Å²) in [6.07, 6.45) is 2.31. The van der Waals surface area contributed by atoms with Crippen LogP contribution < -0.4 is 21.3 Å². The van der Waals surface area contributed by atoms with Crippen molar-refractivity contribution in [1.29, 1.82) is 0 Å². The van der Waals surface area contributed by atoms with Crippen molar-refractivity contribution in [2.75, 3.05) is 91.6 Å². The lowest BCUT2D eigenvalue weighted by Gasteiger charge is -2.32. The van der Waals surface area contributed by atoms with E-state index in [0.29, 0.717) is 32.0 Å². The van der Waals surface area contributed by atoms with Crippen molar-refractivity contribution in [3.8, 4) is 0 Å². The molecule has 18 nitrogen and oxygen atoms in total. The van der Waals surface area contributed by atoms with Gasteiger partial charge in [-0.25, -0.2) is 0 Å². The number of nitrogens with one attached hydrogen (secondary N) is 4. The number of piperazine rings is 1. The highest BCUT2D eigenvalue weighted by Gasteiger charge is 2.34. The van der Waals surface area contributed by atoms with E-state index in [4.69, 9.17) is 0 Å². The van der Waals surface area contributed by atoms with Crippen molar-refractivity contribution >= 4 is 41.5 Å². The van der Waals surface area contributed by atoms with E-state index >= 15 is 0 Å². The van der Waals surface area contributed by atoms with Crippen LogP contribution in [0.4, 0.5) is 0 Å². The Bertz CT molecular complexity index is 1110. The van der Waals surface area contributed by atoms with Gasteiger partial charge in [0, 0.05) is 65.4 Å². The van der Waals surface area contributed by atoms with E-state index in [-0.39, 0.29) is 96.6 Å². The average molecular weight is 699 g/mol. The van der Waals surface area contributed by atoms with E-state index in [1.165, 1.54) is 0 Å². The zero-order chi connectivity index (χ0) is 36.3. The molecule has 0 aromatic carbocycles. The maximum atomic E-state index is 12.9. The molecule has 0 radical (unpaired) electrons. The van der Waals surface area contributed by atoms with Gasteiger partial charge in [-0.1, -0.05) is 13.8 Å². The van der Waals surface area contributed by atoms with Crippen molar-refractivity contribution in [3.63, 3.8) is 0 Å². The van der Waals surface area contributed by atoms with E-state index in [1.807, 2.05) is 4.90 Å². The lowest BCUT2D eigenvalue weighted by molar-refractivity contribution is -0.140. The predicted molar refractivity (Wildman–Crippen MR) is 176 cm³/mol. The molecule has 7 N–H and O–H groups in total. The van der Waals surface area contributed by atoms with E-state index < -0.39 is 41.8 Å². The molecule has 0 bridgehead atoms. The summed E-state index contributed by atoms with van der Waals surface area (Å²) in [6, 6.07) is -1.74. The monoisotopic (exact) mass is 698 g/mol. The molecule has 0 spiro atoms. The lowest BCUT2D eigenvalue weighted by Crippen LogP contribution is -2.62. The molecule has 0 aromatic rings. The molecule has 278 valence electrons. The van der Waals surface area contributed by atoms with Gasteiger partial charge in [0.15, 0.2) is 0 Å². The number of amides is 4. The average Bonchev–Trinajstić information content (AvgIpc) is 3.00. The molecule has 2 atom stereocenters. The van der Waals surface area contributed by atoms with Crippen LogP contribution in [0.2, 0.25) is 0 Å². The Morgan fingerprint density at radius 2 is 1.02 bits per heavy atom. The highest BCUT2D eigenvalue weighted by molar-refractivity contribution is 5.99. The van der Waals surface area contributed by atoms with Gasteiger partial charge in [0.1, 0.15) is 12.1 Å². The second-order valence-electron chi connectivity index (χ2n) is 13.0. The van der Waals surface area contributed by atoms with Crippen LogP contribution >= 0.6 is 0 Å². The number of rotatable bonds is 18. The fraction of sp³-hybridized carbons (Fsp3) is 0.774. The Morgan fingerprint density at radius 3 is 1.47 bits per heavy atom. The molecule has 0 aliphatic carbocycles. The van der Waals surface area contributed by atoms with Crippen LogP contribution in [0.25, 0.3) is 0 Å². The summed E-state index contributed by atoms with van der Waals surface area (Å²) in [7, 11) is 0. The largest absolute Gasteiger partial charge is 0.480 e. The van der Waals surface area contributed by atoms with Crippen LogP contribution in [0.3, 0.4) is 0 Å². The number of hydrogen-bond donors (Lipinski definition) is 7. The summed E-state index contributed by atoms with van der Waals surface area (Å²) in [5, 5.41) is 38.9. The summed E-state index contributed by atoms with van der Waals surface area (Å²) >= 11 is 0. The quantitative estimate of drug-likeness (QED) is 0.0721. The molecular weight excluding hydrogens is 644 g/mol. The summed E-state index contributed by atoms with van der Waals surface area (Å²) < 4.78 is 0. The molecule has 18 heteroatoms. The van der Waals surface area contributed by atoms with Crippen molar-refractivity contribution < 1.29 is 48.9 Å². The highest BCUT2D eigenvalue weighted by Crippen LogP contribution is 2.08. The van der Waals surface area contributed by atoms with Crippen molar-refractivity contribution in [2.24, 2.45) is 5.92 Å². The Hall–Kier alpha value is -3.87. The second kappa shape index (κ2) is 22.0. The molecule has 2 fully saturated rings. The molecular formula is C31H54N8O10. The van der Waals surface area contributed by atoms with Gasteiger partial charge in [-0.3, -0.25) is 53.2 Å². The van der Waals surface area contributed by atoms with Gasteiger partial charge in [0.05, 0.1) is 32.6 Å². The van der Waals surface area contributed by atoms with Crippen molar-refractivity contribution in [2.45, 2.75) is 58.0 Å². The molecule has 2 saturated heterocycles. The first-order chi connectivity index (χ1) is 23.2. The zero-order valence-corrected chi connectivity index (χ0v) is 28.7. The maximum absolute atomic E-state index is 12.9. The second-order valence-corrected chi connectivity index (χ2v) is 13.0. The van der Waals surface area contributed by atoms with Crippen LogP contribution in [-0.2, 0) is 33.6 Å². The lowest BCUT2D eigenvalue weighted by atomic mass is 10.0. The summed E-state index contributed by atoms with van der Waals surface area (Å²) in [5.41, 5.74) is 0. The van der Waals surface area contributed by atoms with Gasteiger partial charge in [0.2, 0.25) is 23.6 Å². The molecule has 0 aromatic heterocycles. The zero-order valence-electron chi connectivity index (χ0n) is 28.7. The summed E-state index contributed by atoms with van der Waals surface area (Å²) in [4.78, 5) is 91.3.